The third-order valence-electron chi connectivity index (χ3n) is 2.07. The summed E-state index contributed by atoms with van der Waals surface area (Å²) in [5.74, 6) is 0.191. The molecule has 0 saturated heterocycles. The van der Waals surface area contributed by atoms with E-state index >= 15 is 0 Å². The molecule has 1 rings (SSSR count). The molecule has 0 radical (unpaired) electrons. The highest BCUT2D eigenvalue weighted by Crippen LogP contribution is 2.29. The van der Waals surface area contributed by atoms with Crippen LogP contribution in [0, 0.1) is 5.41 Å². The van der Waals surface area contributed by atoms with Gasteiger partial charge < -0.3 is 10.3 Å². The van der Waals surface area contributed by atoms with Gasteiger partial charge in [-0.25, -0.2) is 8.42 Å². The van der Waals surface area contributed by atoms with Gasteiger partial charge >= 0.3 is 0 Å². The summed E-state index contributed by atoms with van der Waals surface area (Å²) in [6.45, 7) is 5.83. The molecule has 0 aliphatic heterocycles. The Hall–Kier alpha value is -0.950. The molecular formula is C9H17N3O3S. The Morgan fingerprint density at radius 3 is 2.44 bits per heavy atom. The van der Waals surface area contributed by atoms with E-state index in [0.717, 1.165) is 6.26 Å². The van der Waals surface area contributed by atoms with Gasteiger partial charge in [-0.05, 0) is 5.41 Å². The lowest BCUT2D eigenvalue weighted by Crippen LogP contribution is -2.26. The fourth-order valence-corrected chi connectivity index (χ4v) is 1.64. The van der Waals surface area contributed by atoms with Gasteiger partial charge in [-0.1, -0.05) is 25.9 Å². The van der Waals surface area contributed by atoms with Gasteiger partial charge in [0.05, 0.1) is 6.04 Å². The topological polar surface area (TPSA) is 99.1 Å². The van der Waals surface area contributed by atoms with Crippen molar-refractivity contribution in [3.63, 3.8) is 0 Å². The van der Waals surface area contributed by atoms with E-state index in [1.165, 1.54) is 0 Å². The standard InChI is InChI=1S/C9H17N3O3S/c1-9(2,3)7(10)8-11-6(12-15-8)5-16(4,13)14/h7H,5,10H2,1-4H3. The van der Waals surface area contributed by atoms with Crippen molar-refractivity contribution in [1.82, 2.24) is 10.1 Å². The Balaban J connectivity index is 2.88. The zero-order chi connectivity index (χ0) is 12.6. The first-order chi connectivity index (χ1) is 7.09. The van der Waals surface area contributed by atoms with Crippen molar-refractivity contribution >= 4 is 9.84 Å². The molecule has 0 aromatic carbocycles. The lowest BCUT2D eigenvalue weighted by atomic mass is 9.87. The molecule has 16 heavy (non-hydrogen) atoms. The molecule has 2 N–H and O–H groups in total. The normalized spacial score (nSPS) is 15.1. The maximum absolute atomic E-state index is 11.0. The molecule has 0 spiro atoms. The van der Waals surface area contributed by atoms with Crippen LogP contribution in [0.25, 0.3) is 0 Å². The second-order valence-electron chi connectivity index (χ2n) is 4.96. The van der Waals surface area contributed by atoms with Gasteiger partial charge in [0.25, 0.3) is 0 Å². The van der Waals surface area contributed by atoms with Gasteiger partial charge in [0.1, 0.15) is 5.75 Å². The van der Waals surface area contributed by atoms with Crippen molar-refractivity contribution in [3.8, 4) is 0 Å². The fourth-order valence-electron chi connectivity index (χ4n) is 1.06. The molecule has 7 heteroatoms. The first-order valence-electron chi connectivity index (χ1n) is 4.85. The zero-order valence-electron chi connectivity index (χ0n) is 9.89. The molecule has 1 atom stereocenters. The molecule has 92 valence electrons. The summed E-state index contributed by atoms with van der Waals surface area (Å²) < 4.78 is 27.0. The average molecular weight is 247 g/mol. The van der Waals surface area contributed by atoms with Gasteiger partial charge in [0.15, 0.2) is 15.7 Å². The van der Waals surface area contributed by atoms with Gasteiger partial charge in [0.2, 0.25) is 5.89 Å². The first kappa shape index (κ1) is 13.1. The molecule has 0 saturated carbocycles. The minimum absolute atomic E-state index is 0.150. The van der Waals surface area contributed by atoms with E-state index in [1.807, 2.05) is 20.8 Å². The molecule has 1 heterocycles. The molecule has 0 aliphatic rings. The monoisotopic (exact) mass is 247 g/mol. The zero-order valence-corrected chi connectivity index (χ0v) is 10.7. The van der Waals surface area contributed by atoms with Crippen molar-refractivity contribution in [2.45, 2.75) is 32.6 Å². The highest BCUT2D eigenvalue weighted by molar-refractivity contribution is 7.89. The number of nitrogens with two attached hydrogens (primary N) is 1. The van der Waals surface area contributed by atoms with Crippen LogP contribution in [0.3, 0.4) is 0 Å². The second kappa shape index (κ2) is 4.14. The minimum Gasteiger partial charge on any atom is -0.338 e. The summed E-state index contributed by atoms with van der Waals surface area (Å²) in [5.41, 5.74) is 5.69. The van der Waals surface area contributed by atoms with Crippen LogP contribution in [-0.4, -0.2) is 24.8 Å². The Morgan fingerprint density at radius 2 is 2.00 bits per heavy atom. The third kappa shape index (κ3) is 3.57. The summed E-state index contributed by atoms with van der Waals surface area (Å²) >= 11 is 0. The number of hydrogen-bond donors (Lipinski definition) is 1. The summed E-state index contributed by atoms with van der Waals surface area (Å²) in [5, 5.41) is 3.59. The van der Waals surface area contributed by atoms with Crippen molar-refractivity contribution in [2.75, 3.05) is 6.26 Å². The maximum atomic E-state index is 11.0. The number of nitrogens with zero attached hydrogens (tertiary/aromatic N) is 2. The van der Waals surface area contributed by atoms with Crippen LogP contribution in [0.15, 0.2) is 4.52 Å². The molecule has 1 aromatic rings. The highest BCUT2D eigenvalue weighted by atomic mass is 32.2. The van der Waals surface area contributed by atoms with Crippen LogP contribution in [0.5, 0.6) is 0 Å². The van der Waals surface area contributed by atoms with E-state index < -0.39 is 15.9 Å². The van der Waals surface area contributed by atoms with Gasteiger partial charge in [-0.3, -0.25) is 0 Å². The second-order valence-corrected chi connectivity index (χ2v) is 7.10. The van der Waals surface area contributed by atoms with Crippen molar-refractivity contribution in [1.29, 1.82) is 0 Å². The predicted octanol–water partition coefficient (Wildman–Crippen LogP) is 0.660. The van der Waals surface area contributed by atoms with Crippen LogP contribution in [0.1, 0.15) is 38.5 Å². The van der Waals surface area contributed by atoms with Gasteiger partial charge in [-0.2, -0.15) is 4.98 Å². The van der Waals surface area contributed by atoms with Crippen LogP contribution < -0.4 is 5.73 Å². The Bertz CT molecular complexity index is 459. The number of hydrogen-bond acceptors (Lipinski definition) is 6. The van der Waals surface area contributed by atoms with E-state index in [0.29, 0.717) is 0 Å². The molecule has 1 unspecified atom stereocenters. The summed E-state index contributed by atoms with van der Waals surface area (Å²) in [6, 6.07) is -0.409. The highest BCUT2D eigenvalue weighted by Gasteiger charge is 2.27. The SMILES string of the molecule is CC(C)(C)C(N)c1nc(CS(C)(=O)=O)no1. The Morgan fingerprint density at radius 1 is 1.44 bits per heavy atom. The Kier molecular flexibility index (Phi) is 3.39. The lowest BCUT2D eigenvalue weighted by molar-refractivity contribution is 0.252. The number of rotatable bonds is 3. The molecule has 0 aliphatic carbocycles. The average Bonchev–Trinajstić information content (AvgIpc) is 2.46. The van der Waals surface area contributed by atoms with E-state index in [9.17, 15) is 8.42 Å². The smallest absolute Gasteiger partial charge is 0.244 e. The molecule has 0 bridgehead atoms. The number of aromatic nitrogens is 2. The van der Waals surface area contributed by atoms with Gasteiger partial charge in [-0.15, -0.1) is 0 Å². The van der Waals surface area contributed by atoms with Crippen molar-refractivity contribution < 1.29 is 12.9 Å². The van der Waals surface area contributed by atoms with E-state index in [1.54, 1.807) is 0 Å². The van der Waals surface area contributed by atoms with Crippen LogP contribution in [-0.2, 0) is 15.6 Å². The molecule has 1 aromatic heterocycles. The minimum atomic E-state index is -3.15. The summed E-state index contributed by atoms with van der Waals surface area (Å²) in [6.07, 6.45) is 1.12. The molecular weight excluding hydrogens is 230 g/mol. The number of sulfone groups is 1. The molecule has 0 amide bonds. The molecule has 6 nitrogen and oxygen atoms in total. The first-order valence-corrected chi connectivity index (χ1v) is 6.91. The van der Waals surface area contributed by atoms with E-state index in [2.05, 4.69) is 10.1 Å². The van der Waals surface area contributed by atoms with Crippen LogP contribution >= 0.6 is 0 Å². The quantitative estimate of drug-likeness (QED) is 0.842. The van der Waals surface area contributed by atoms with Crippen molar-refractivity contribution in [3.05, 3.63) is 11.7 Å². The van der Waals surface area contributed by atoms with E-state index in [-0.39, 0.29) is 22.9 Å². The van der Waals surface area contributed by atoms with Crippen molar-refractivity contribution in [2.24, 2.45) is 11.1 Å². The lowest BCUT2D eigenvalue weighted by Gasteiger charge is -2.23. The predicted molar refractivity (Wildman–Crippen MR) is 59.2 cm³/mol. The summed E-state index contributed by atoms with van der Waals surface area (Å²) in [7, 11) is -3.15. The fraction of sp³-hybridized carbons (Fsp3) is 0.778. The third-order valence-corrected chi connectivity index (χ3v) is 2.86. The summed E-state index contributed by atoms with van der Waals surface area (Å²) in [4.78, 5) is 3.98. The molecule has 0 fully saturated rings. The van der Waals surface area contributed by atoms with E-state index in [4.69, 9.17) is 10.3 Å². The van der Waals surface area contributed by atoms with Crippen LogP contribution in [0.4, 0.5) is 0 Å². The van der Waals surface area contributed by atoms with Crippen LogP contribution in [0.2, 0.25) is 0 Å². The van der Waals surface area contributed by atoms with Gasteiger partial charge in [0, 0.05) is 6.26 Å². The largest absolute Gasteiger partial charge is 0.338 e. The Labute approximate surface area is 95.1 Å². The maximum Gasteiger partial charge on any atom is 0.244 e.